The number of nitrogens with one attached hydrogen (secondary N) is 1. The van der Waals surface area contributed by atoms with Crippen molar-refractivity contribution in [1.82, 2.24) is 5.32 Å². The molecule has 17 heavy (non-hydrogen) atoms. The average molecular weight is 275 g/mol. The SMILES string of the molecule is NS(=O)(=O)CCNC1Cc2ccc(Cl)cc2C1. The van der Waals surface area contributed by atoms with Gasteiger partial charge in [-0.1, -0.05) is 17.7 Å². The number of hydrogen-bond acceptors (Lipinski definition) is 3. The van der Waals surface area contributed by atoms with Crippen molar-refractivity contribution in [2.24, 2.45) is 5.14 Å². The lowest BCUT2D eigenvalue weighted by molar-refractivity contribution is 0.544. The van der Waals surface area contributed by atoms with Gasteiger partial charge in [0.15, 0.2) is 0 Å². The van der Waals surface area contributed by atoms with Crippen LogP contribution in [0.3, 0.4) is 0 Å². The molecule has 3 N–H and O–H groups in total. The molecule has 0 fully saturated rings. The zero-order valence-electron chi connectivity index (χ0n) is 9.32. The van der Waals surface area contributed by atoms with Gasteiger partial charge in [-0.2, -0.15) is 0 Å². The van der Waals surface area contributed by atoms with Crippen LogP contribution in [0.25, 0.3) is 0 Å². The Labute approximate surface area is 106 Å². The van der Waals surface area contributed by atoms with E-state index in [1.165, 1.54) is 11.1 Å². The third-order valence-corrected chi connectivity index (χ3v) is 3.93. The van der Waals surface area contributed by atoms with Crippen molar-refractivity contribution in [3.05, 3.63) is 34.3 Å². The van der Waals surface area contributed by atoms with Gasteiger partial charge in [0, 0.05) is 17.6 Å². The van der Waals surface area contributed by atoms with Crippen molar-refractivity contribution in [1.29, 1.82) is 0 Å². The van der Waals surface area contributed by atoms with Gasteiger partial charge in [0.1, 0.15) is 0 Å². The van der Waals surface area contributed by atoms with E-state index in [2.05, 4.69) is 5.32 Å². The summed E-state index contributed by atoms with van der Waals surface area (Å²) in [6.07, 6.45) is 1.80. The summed E-state index contributed by atoms with van der Waals surface area (Å²) in [5, 5.41) is 8.89. The van der Waals surface area contributed by atoms with Crippen molar-refractivity contribution < 1.29 is 8.42 Å². The summed E-state index contributed by atoms with van der Waals surface area (Å²) in [6, 6.07) is 6.16. The minimum atomic E-state index is -3.37. The first-order chi connectivity index (χ1) is 7.94. The summed E-state index contributed by atoms with van der Waals surface area (Å²) in [5.41, 5.74) is 2.52. The van der Waals surface area contributed by atoms with Crippen LogP contribution >= 0.6 is 11.6 Å². The van der Waals surface area contributed by atoms with Crippen molar-refractivity contribution in [2.75, 3.05) is 12.3 Å². The number of fused-ring (bicyclic) bond motifs is 1. The third kappa shape index (κ3) is 3.67. The normalized spacial score (nSPS) is 19.3. The quantitative estimate of drug-likeness (QED) is 0.848. The largest absolute Gasteiger partial charge is 0.312 e. The molecule has 0 amide bonds. The highest BCUT2D eigenvalue weighted by Gasteiger charge is 2.21. The first-order valence-electron chi connectivity index (χ1n) is 5.45. The molecule has 0 heterocycles. The van der Waals surface area contributed by atoms with E-state index in [1.54, 1.807) is 0 Å². The number of benzene rings is 1. The number of rotatable bonds is 4. The average Bonchev–Trinajstić information content (AvgIpc) is 2.57. The molecule has 0 bridgehead atoms. The van der Waals surface area contributed by atoms with Gasteiger partial charge in [0.05, 0.1) is 5.75 Å². The van der Waals surface area contributed by atoms with Crippen molar-refractivity contribution in [3.8, 4) is 0 Å². The zero-order chi connectivity index (χ0) is 12.5. The molecular formula is C11H15ClN2O2S. The predicted octanol–water partition coefficient (Wildman–Crippen LogP) is 0.685. The molecule has 1 aliphatic carbocycles. The zero-order valence-corrected chi connectivity index (χ0v) is 10.9. The van der Waals surface area contributed by atoms with Crippen molar-refractivity contribution >= 4 is 21.6 Å². The van der Waals surface area contributed by atoms with E-state index in [9.17, 15) is 8.42 Å². The minimum absolute atomic E-state index is 0.0272. The molecule has 1 atom stereocenters. The fourth-order valence-electron chi connectivity index (χ4n) is 2.14. The molecule has 0 saturated heterocycles. The van der Waals surface area contributed by atoms with E-state index in [4.69, 9.17) is 16.7 Å². The molecule has 4 nitrogen and oxygen atoms in total. The summed E-state index contributed by atoms with van der Waals surface area (Å²) in [4.78, 5) is 0. The maximum Gasteiger partial charge on any atom is 0.210 e. The topological polar surface area (TPSA) is 72.2 Å². The van der Waals surface area contributed by atoms with Gasteiger partial charge < -0.3 is 5.32 Å². The third-order valence-electron chi connectivity index (χ3n) is 2.92. The highest BCUT2D eigenvalue weighted by molar-refractivity contribution is 7.89. The van der Waals surface area contributed by atoms with Gasteiger partial charge in [-0.05, 0) is 36.1 Å². The molecule has 0 saturated carbocycles. The summed E-state index contributed by atoms with van der Waals surface area (Å²) in [6.45, 7) is 0.394. The monoisotopic (exact) mass is 274 g/mol. The summed E-state index contributed by atoms with van der Waals surface area (Å²) in [7, 11) is -3.37. The van der Waals surface area contributed by atoms with E-state index < -0.39 is 10.0 Å². The Balaban J connectivity index is 1.88. The van der Waals surface area contributed by atoms with Crippen LogP contribution in [0.4, 0.5) is 0 Å². The number of hydrogen-bond donors (Lipinski definition) is 2. The van der Waals surface area contributed by atoms with E-state index in [0.29, 0.717) is 6.54 Å². The van der Waals surface area contributed by atoms with E-state index in [0.717, 1.165) is 17.9 Å². The Morgan fingerprint density at radius 1 is 1.35 bits per heavy atom. The second-order valence-electron chi connectivity index (χ2n) is 4.34. The molecule has 1 aliphatic rings. The van der Waals surface area contributed by atoms with Crippen molar-refractivity contribution in [2.45, 2.75) is 18.9 Å². The number of primary sulfonamides is 1. The fraction of sp³-hybridized carbons (Fsp3) is 0.455. The van der Waals surface area contributed by atoms with Crippen LogP contribution in [-0.4, -0.2) is 26.8 Å². The first kappa shape index (κ1) is 12.8. The Bertz CT molecular complexity index is 516. The van der Waals surface area contributed by atoms with Gasteiger partial charge in [0.25, 0.3) is 0 Å². The van der Waals surface area contributed by atoms with E-state index >= 15 is 0 Å². The highest BCUT2D eigenvalue weighted by Crippen LogP contribution is 2.25. The van der Waals surface area contributed by atoms with Crippen LogP contribution in [0.15, 0.2) is 18.2 Å². The lowest BCUT2D eigenvalue weighted by Gasteiger charge is -2.10. The maximum atomic E-state index is 10.8. The summed E-state index contributed by atoms with van der Waals surface area (Å²) >= 11 is 5.92. The number of sulfonamides is 1. The van der Waals surface area contributed by atoms with E-state index in [-0.39, 0.29) is 11.8 Å². The summed E-state index contributed by atoms with van der Waals surface area (Å²) < 4.78 is 21.6. The van der Waals surface area contributed by atoms with Crippen LogP contribution in [0.5, 0.6) is 0 Å². The van der Waals surface area contributed by atoms with Crippen LogP contribution in [0, 0.1) is 0 Å². The number of nitrogens with two attached hydrogens (primary N) is 1. The Morgan fingerprint density at radius 2 is 2.06 bits per heavy atom. The number of halogens is 1. The smallest absolute Gasteiger partial charge is 0.210 e. The molecular weight excluding hydrogens is 260 g/mol. The van der Waals surface area contributed by atoms with Crippen LogP contribution in [-0.2, 0) is 22.9 Å². The maximum absolute atomic E-state index is 10.8. The first-order valence-corrected chi connectivity index (χ1v) is 7.54. The molecule has 0 spiro atoms. The lowest BCUT2D eigenvalue weighted by atomic mass is 10.1. The van der Waals surface area contributed by atoms with E-state index in [1.807, 2.05) is 18.2 Å². The second kappa shape index (κ2) is 4.94. The van der Waals surface area contributed by atoms with Crippen LogP contribution in [0.2, 0.25) is 5.02 Å². The fourth-order valence-corrected chi connectivity index (χ4v) is 2.73. The van der Waals surface area contributed by atoms with Gasteiger partial charge in [-0.25, -0.2) is 13.6 Å². The molecule has 1 aromatic rings. The molecule has 0 aromatic heterocycles. The van der Waals surface area contributed by atoms with Gasteiger partial charge in [0.2, 0.25) is 10.0 Å². The van der Waals surface area contributed by atoms with Gasteiger partial charge in [-0.3, -0.25) is 0 Å². The molecule has 6 heteroatoms. The van der Waals surface area contributed by atoms with Crippen LogP contribution in [0.1, 0.15) is 11.1 Å². The molecule has 94 valence electrons. The summed E-state index contributed by atoms with van der Waals surface area (Å²) in [5.74, 6) is -0.0272. The predicted molar refractivity (Wildman–Crippen MR) is 68.6 cm³/mol. The molecule has 1 aromatic carbocycles. The molecule has 2 rings (SSSR count). The highest BCUT2D eigenvalue weighted by atomic mass is 35.5. The van der Waals surface area contributed by atoms with Gasteiger partial charge >= 0.3 is 0 Å². The second-order valence-corrected chi connectivity index (χ2v) is 6.51. The molecule has 1 unspecified atom stereocenters. The van der Waals surface area contributed by atoms with Crippen LogP contribution < -0.4 is 10.5 Å². The Kier molecular flexibility index (Phi) is 3.73. The Hall–Kier alpha value is -0.620. The molecule has 0 radical (unpaired) electrons. The molecule has 0 aliphatic heterocycles. The van der Waals surface area contributed by atoms with Gasteiger partial charge in [-0.15, -0.1) is 0 Å². The Morgan fingerprint density at radius 3 is 2.76 bits per heavy atom. The van der Waals surface area contributed by atoms with Crippen molar-refractivity contribution in [3.63, 3.8) is 0 Å². The minimum Gasteiger partial charge on any atom is -0.312 e. The standard InChI is InChI=1S/C11H15ClN2O2S/c12-10-2-1-8-6-11(7-9(8)5-10)14-3-4-17(13,15)16/h1-2,5,11,14H,3-4,6-7H2,(H2,13,15,16). The lowest BCUT2D eigenvalue weighted by Crippen LogP contribution is -2.35.